The van der Waals surface area contributed by atoms with Crippen LogP contribution in [0.1, 0.15) is 11.1 Å². The van der Waals surface area contributed by atoms with Crippen LogP contribution in [0, 0.1) is 18.6 Å². The van der Waals surface area contributed by atoms with Crippen LogP contribution in [0.4, 0.5) is 14.5 Å². The molecule has 3 nitrogen and oxygen atoms in total. The van der Waals surface area contributed by atoms with Crippen LogP contribution in [0.15, 0.2) is 30.3 Å². The second kappa shape index (κ2) is 5.77. The molecule has 0 aromatic heterocycles. The van der Waals surface area contributed by atoms with Gasteiger partial charge in [0.15, 0.2) is 5.82 Å². The molecule has 0 fully saturated rings. The van der Waals surface area contributed by atoms with Crippen LogP contribution in [-0.4, -0.2) is 12.2 Å². The molecule has 0 aliphatic carbocycles. The summed E-state index contributed by atoms with van der Waals surface area (Å²) in [6, 6.07) is 7.25. The summed E-state index contributed by atoms with van der Waals surface area (Å²) in [5.74, 6) is -0.709. The SMILES string of the molecule is COc1ccc(O)c(CNc2c(F)ccc(C)c2F)c1. The zero-order valence-electron chi connectivity index (χ0n) is 11.2. The van der Waals surface area contributed by atoms with Crippen molar-refractivity contribution in [3.05, 3.63) is 53.1 Å². The topological polar surface area (TPSA) is 41.5 Å². The number of benzene rings is 2. The van der Waals surface area contributed by atoms with Crippen molar-refractivity contribution in [1.29, 1.82) is 0 Å². The van der Waals surface area contributed by atoms with E-state index >= 15 is 0 Å². The normalized spacial score (nSPS) is 10.4. The van der Waals surface area contributed by atoms with Gasteiger partial charge in [0.05, 0.1) is 7.11 Å². The number of phenolic OH excluding ortho intramolecular Hbond substituents is 1. The number of rotatable bonds is 4. The van der Waals surface area contributed by atoms with Gasteiger partial charge in [0.1, 0.15) is 23.0 Å². The number of methoxy groups -OCH3 is 1. The molecule has 0 atom stereocenters. The second-order valence-corrected chi connectivity index (χ2v) is 4.40. The smallest absolute Gasteiger partial charge is 0.152 e. The Kier molecular flexibility index (Phi) is 4.08. The summed E-state index contributed by atoms with van der Waals surface area (Å²) in [6.45, 7) is 1.64. The molecule has 0 saturated carbocycles. The van der Waals surface area contributed by atoms with Gasteiger partial charge in [-0.2, -0.15) is 0 Å². The Morgan fingerprint density at radius 1 is 1.20 bits per heavy atom. The predicted octanol–water partition coefficient (Wildman–Crippen LogP) is 3.60. The summed E-state index contributed by atoms with van der Waals surface area (Å²) in [4.78, 5) is 0. The van der Waals surface area contributed by atoms with Crippen molar-refractivity contribution in [2.45, 2.75) is 13.5 Å². The van der Waals surface area contributed by atoms with Gasteiger partial charge in [-0.1, -0.05) is 6.07 Å². The van der Waals surface area contributed by atoms with Crippen molar-refractivity contribution in [1.82, 2.24) is 0 Å². The molecule has 0 bridgehead atoms. The van der Waals surface area contributed by atoms with Crippen LogP contribution in [0.3, 0.4) is 0 Å². The molecule has 2 aromatic carbocycles. The first kappa shape index (κ1) is 14.1. The summed E-state index contributed by atoms with van der Waals surface area (Å²) in [5.41, 5.74) is 0.639. The monoisotopic (exact) mass is 279 g/mol. The molecule has 2 aromatic rings. The standard InChI is InChI=1S/C15H15F2NO2/c1-9-3-5-12(16)15(14(9)17)18-8-10-7-11(20-2)4-6-13(10)19/h3-7,18-19H,8H2,1-2H3. The summed E-state index contributed by atoms with van der Waals surface area (Å²) >= 11 is 0. The minimum Gasteiger partial charge on any atom is -0.508 e. The maximum Gasteiger partial charge on any atom is 0.152 e. The van der Waals surface area contributed by atoms with Crippen molar-refractivity contribution >= 4 is 5.69 Å². The number of anilines is 1. The molecule has 2 rings (SSSR count). The Hall–Kier alpha value is -2.30. The van der Waals surface area contributed by atoms with Crippen molar-refractivity contribution in [3.8, 4) is 11.5 Å². The van der Waals surface area contributed by atoms with Gasteiger partial charge < -0.3 is 15.2 Å². The molecule has 0 saturated heterocycles. The zero-order valence-corrected chi connectivity index (χ0v) is 11.2. The Labute approximate surface area is 115 Å². The van der Waals surface area contributed by atoms with E-state index in [-0.39, 0.29) is 18.0 Å². The van der Waals surface area contributed by atoms with Gasteiger partial charge in [0, 0.05) is 12.1 Å². The summed E-state index contributed by atoms with van der Waals surface area (Å²) in [6.07, 6.45) is 0. The van der Waals surface area contributed by atoms with Crippen LogP contribution < -0.4 is 10.1 Å². The Bertz CT molecular complexity index is 630. The fourth-order valence-electron chi connectivity index (χ4n) is 1.83. The number of hydrogen-bond donors (Lipinski definition) is 2. The number of halogens is 2. The molecule has 0 heterocycles. The lowest BCUT2D eigenvalue weighted by atomic mass is 10.1. The average molecular weight is 279 g/mol. The van der Waals surface area contributed by atoms with E-state index in [0.29, 0.717) is 16.9 Å². The molecule has 0 radical (unpaired) electrons. The second-order valence-electron chi connectivity index (χ2n) is 4.40. The van der Waals surface area contributed by atoms with Gasteiger partial charge in [-0.15, -0.1) is 0 Å². The van der Waals surface area contributed by atoms with E-state index in [9.17, 15) is 13.9 Å². The molecule has 0 spiro atoms. The van der Waals surface area contributed by atoms with Crippen LogP contribution in [-0.2, 0) is 6.54 Å². The Balaban J connectivity index is 2.23. The van der Waals surface area contributed by atoms with Crippen molar-refractivity contribution in [3.63, 3.8) is 0 Å². The summed E-state index contributed by atoms with van der Waals surface area (Å²) < 4.78 is 32.5. The number of ether oxygens (including phenoxy) is 1. The molecule has 0 aliphatic heterocycles. The lowest BCUT2D eigenvalue weighted by Crippen LogP contribution is -2.05. The third kappa shape index (κ3) is 2.82. The fraction of sp³-hybridized carbons (Fsp3) is 0.200. The van der Waals surface area contributed by atoms with E-state index in [4.69, 9.17) is 4.74 Å². The van der Waals surface area contributed by atoms with Crippen LogP contribution in [0.25, 0.3) is 0 Å². The molecule has 0 amide bonds. The molecule has 5 heteroatoms. The minimum atomic E-state index is -0.671. The number of aryl methyl sites for hydroxylation is 1. The van der Waals surface area contributed by atoms with Crippen LogP contribution in [0.5, 0.6) is 11.5 Å². The summed E-state index contributed by atoms with van der Waals surface area (Å²) in [5, 5.41) is 12.4. The maximum absolute atomic E-state index is 13.8. The van der Waals surface area contributed by atoms with Gasteiger partial charge in [-0.25, -0.2) is 8.78 Å². The highest BCUT2D eigenvalue weighted by atomic mass is 19.1. The Morgan fingerprint density at radius 3 is 2.65 bits per heavy atom. The van der Waals surface area contributed by atoms with Crippen LogP contribution >= 0.6 is 0 Å². The van der Waals surface area contributed by atoms with Crippen molar-refractivity contribution in [2.24, 2.45) is 0 Å². The highest BCUT2D eigenvalue weighted by molar-refractivity contribution is 5.50. The maximum atomic E-state index is 13.8. The highest BCUT2D eigenvalue weighted by Crippen LogP contribution is 2.26. The number of aromatic hydroxyl groups is 1. The van der Waals surface area contributed by atoms with Gasteiger partial charge in [-0.05, 0) is 36.8 Å². The lowest BCUT2D eigenvalue weighted by molar-refractivity contribution is 0.411. The number of nitrogens with one attached hydrogen (secondary N) is 1. The number of phenols is 1. The molecular formula is C15H15F2NO2. The van der Waals surface area contributed by atoms with Crippen LogP contribution in [0.2, 0.25) is 0 Å². The summed E-state index contributed by atoms with van der Waals surface area (Å²) in [7, 11) is 1.50. The molecule has 0 aliphatic rings. The molecular weight excluding hydrogens is 264 g/mol. The molecule has 20 heavy (non-hydrogen) atoms. The van der Waals surface area contributed by atoms with Gasteiger partial charge in [0.2, 0.25) is 0 Å². The largest absolute Gasteiger partial charge is 0.508 e. The molecule has 2 N–H and O–H groups in total. The van der Waals surface area contributed by atoms with Crippen molar-refractivity contribution < 1.29 is 18.6 Å². The zero-order chi connectivity index (χ0) is 14.7. The first-order valence-corrected chi connectivity index (χ1v) is 6.07. The quantitative estimate of drug-likeness (QED) is 0.898. The third-order valence-electron chi connectivity index (χ3n) is 3.03. The minimum absolute atomic E-state index is 0.0340. The first-order chi connectivity index (χ1) is 9.52. The van der Waals surface area contributed by atoms with E-state index in [0.717, 1.165) is 0 Å². The average Bonchev–Trinajstić information content (AvgIpc) is 2.45. The van der Waals surface area contributed by atoms with Gasteiger partial charge in [0.25, 0.3) is 0 Å². The van der Waals surface area contributed by atoms with Crippen molar-refractivity contribution in [2.75, 3.05) is 12.4 Å². The predicted molar refractivity (Wildman–Crippen MR) is 73.1 cm³/mol. The van der Waals surface area contributed by atoms with Gasteiger partial charge in [-0.3, -0.25) is 0 Å². The Morgan fingerprint density at radius 2 is 1.95 bits per heavy atom. The highest BCUT2D eigenvalue weighted by Gasteiger charge is 2.12. The van der Waals surface area contributed by atoms with E-state index < -0.39 is 11.6 Å². The van der Waals surface area contributed by atoms with E-state index in [2.05, 4.69) is 5.32 Å². The molecule has 106 valence electrons. The molecule has 0 unspecified atom stereocenters. The number of hydrogen-bond acceptors (Lipinski definition) is 3. The van der Waals surface area contributed by atoms with E-state index in [1.54, 1.807) is 19.1 Å². The lowest BCUT2D eigenvalue weighted by Gasteiger charge is -2.12. The van der Waals surface area contributed by atoms with Gasteiger partial charge >= 0.3 is 0 Å². The fourth-order valence-corrected chi connectivity index (χ4v) is 1.83. The third-order valence-corrected chi connectivity index (χ3v) is 3.03. The van der Waals surface area contributed by atoms with E-state index in [1.807, 2.05) is 0 Å². The first-order valence-electron chi connectivity index (χ1n) is 6.07. The van der Waals surface area contributed by atoms with E-state index in [1.165, 1.54) is 25.3 Å².